The minimum atomic E-state index is -0.793. The molecule has 2 atom stereocenters. The Bertz CT molecular complexity index is 737. The van der Waals surface area contributed by atoms with E-state index in [1.807, 2.05) is 6.92 Å². The molecule has 1 saturated heterocycles. The molecule has 1 aromatic carbocycles. The Morgan fingerprint density at radius 2 is 2.13 bits per heavy atom. The van der Waals surface area contributed by atoms with Crippen LogP contribution in [0.25, 0.3) is 10.9 Å². The zero-order valence-electron chi connectivity index (χ0n) is 13.9. The van der Waals surface area contributed by atoms with E-state index in [1.54, 1.807) is 0 Å². The lowest BCUT2D eigenvalue weighted by Crippen LogP contribution is -2.37. The Morgan fingerprint density at radius 1 is 1.35 bits per heavy atom. The number of amides is 1. The second-order valence-corrected chi connectivity index (χ2v) is 6.65. The zero-order chi connectivity index (χ0) is 16.6. The predicted molar refractivity (Wildman–Crippen MR) is 90.5 cm³/mol. The summed E-state index contributed by atoms with van der Waals surface area (Å²) in [6.07, 6.45) is 0.0318. The first-order chi connectivity index (χ1) is 10.9. The maximum atomic E-state index is 13.1. The molecule has 0 bridgehead atoms. The van der Waals surface area contributed by atoms with Crippen molar-refractivity contribution in [3.8, 4) is 0 Å². The van der Waals surface area contributed by atoms with E-state index in [0.717, 1.165) is 22.2 Å². The summed E-state index contributed by atoms with van der Waals surface area (Å²) in [5.74, 6) is -0.0164. The van der Waals surface area contributed by atoms with Crippen molar-refractivity contribution in [3.05, 3.63) is 34.5 Å². The van der Waals surface area contributed by atoms with Crippen LogP contribution in [-0.4, -0.2) is 36.2 Å². The van der Waals surface area contributed by atoms with Gasteiger partial charge in [-0.2, -0.15) is 0 Å². The lowest BCUT2D eigenvalue weighted by Gasteiger charge is -2.11. The van der Waals surface area contributed by atoms with E-state index in [0.29, 0.717) is 25.9 Å². The topological polar surface area (TPSA) is 56.9 Å². The summed E-state index contributed by atoms with van der Waals surface area (Å²) in [4.78, 5) is 15.7. The van der Waals surface area contributed by atoms with Gasteiger partial charge < -0.3 is 15.6 Å². The Kier molecular flexibility index (Phi) is 4.39. The monoisotopic (exact) mass is 317 g/mol. The van der Waals surface area contributed by atoms with Crippen molar-refractivity contribution < 1.29 is 9.18 Å². The van der Waals surface area contributed by atoms with E-state index in [2.05, 4.69) is 41.6 Å². The molecule has 1 aliphatic heterocycles. The summed E-state index contributed by atoms with van der Waals surface area (Å²) >= 11 is 0. The molecule has 1 amide bonds. The number of aryl methyl sites for hydroxylation is 3. The second-order valence-electron chi connectivity index (χ2n) is 6.65. The number of aromatic amines is 1. The first kappa shape index (κ1) is 16.0. The predicted octanol–water partition coefficient (Wildman–Crippen LogP) is 2.45. The van der Waals surface area contributed by atoms with Crippen LogP contribution in [0.3, 0.4) is 0 Å². The van der Waals surface area contributed by atoms with E-state index < -0.39 is 6.17 Å². The fourth-order valence-corrected chi connectivity index (χ4v) is 3.45. The minimum Gasteiger partial charge on any atom is -0.358 e. The number of aromatic nitrogens is 1. The third kappa shape index (κ3) is 3.39. The molecule has 1 aliphatic rings. The van der Waals surface area contributed by atoms with Crippen molar-refractivity contribution in [2.75, 3.05) is 13.1 Å². The maximum Gasteiger partial charge on any atom is 0.224 e. The van der Waals surface area contributed by atoms with Crippen LogP contribution in [0, 0.1) is 20.8 Å². The number of fused-ring (bicyclic) bond motifs is 1. The number of carbonyl (C=O) groups excluding carboxylic acids is 1. The number of benzene rings is 1. The van der Waals surface area contributed by atoms with Crippen molar-refractivity contribution in [1.82, 2.24) is 15.6 Å². The van der Waals surface area contributed by atoms with Crippen LogP contribution in [0.1, 0.15) is 28.8 Å². The van der Waals surface area contributed by atoms with Crippen LogP contribution in [0.5, 0.6) is 0 Å². The molecule has 3 rings (SSSR count). The lowest BCUT2D eigenvalue weighted by atomic mass is 10.0. The minimum absolute atomic E-state index is 0.0164. The van der Waals surface area contributed by atoms with Gasteiger partial charge in [0.25, 0.3) is 0 Å². The number of H-pyrrole nitrogens is 1. The van der Waals surface area contributed by atoms with Gasteiger partial charge in [0.05, 0.1) is 6.42 Å². The molecule has 2 aromatic rings. The van der Waals surface area contributed by atoms with E-state index in [4.69, 9.17) is 0 Å². The summed E-state index contributed by atoms with van der Waals surface area (Å²) in [5.41, 5.74) is 5.58. The normalized spacial score (nSPS) is 21.0. The standard InChI is InChI=1S/C18H24FN3O/c1-10-4-11(2)18-16(5-10)15(12(3)22-18)7-17(23)21-9-14-6-13(19)8-20-14/h4-5,13-14,20,22H,6-9H2,1-3H3,(H,21,23)/t13-,14-/m0/s1. The molecular weight excluding hydrogens is 293 g/mol. The Hall–Kier alpha value is -1.88. The van der Waals surface area contributed by atoms with Gasteiger partial charge in [0.2, 0.25) is 5.91 Å². The lowest BCUT2D eigenvalue weighted by molar-refractivity contribution is -0.120. The molecule has 1 fully saturated rings. The first-order valence-electron chi connectivity index (χ1n) is 8.16. The molecule has 23 heavy (non-hydrogen) atoms. The van der Waals surface area contributed by atoms with Gasteiger partial charge in [0.1, 0.15) is 6.17 Å². The molecule has 0 saturated carbocycles. The molecular formula is C18H24FN3O. The Labute approximate surface area is 135 Å². The number of rotatable bonds is 4. The summed E-state index contributed by atoms with van der Waals surface area (Å²) in [6.45, 7) is 7.02. The average Bonchev–Trinajstić information content (AvgIpc) is 3.02. The summed E-state index contributed by atoms with van der Waals surface area (Å²) in [6, 6.07) is 4.31. The number of halogens is 1. The highest BCUT2D eigenvalue weighted by molar-refractivity contribution is 5.92. The summed E-state index contributed by atoms with van der Waals surface area (Å²) < 4.78 is 13.1. The maximum absolute atomic E-state index is 13.1. The molecule has 1 aromatic heterocycles. The van der Waals surface area contributed by atoms with Crippen LogP contribution in [0.15, 0.2) is 12.1 Å². The smallest absolute Gasteiger partial charge is 0.224 e. The second kappa shape index (κ2) is 6.32. The van der Waals surface area contributed by atoms with E-state index in [-0.39, 0.29) is 11.9 Å². The highest BCUT2D eigenvalue weighted by Crippen LogP contribution is 2.26. The number of hydrogen-bond acceptors (Lipinski definition) is 2. The van der Waals surface area contributed by atoms with Crippen LogP contribution in [0.4, 0.5) is 4.39 Å². The fraction of sp³-hybridized carbons (Fsp3) is 0.500. The largest absolute Gasteiger partial charge is 0.358 e. The molecule has 5 heteroatoms. The van der Waals surface area contributed by atoms with Gasteiger partial charge in [-0.1, -0.05) is 11.6 Å². The first-order valence-corrected chi connectivity index (χ1v) is 8.16. The molecule has 0 radical (unpaired) electrons. The number of nitrogens with one attached hydrogen (secondary N) is 3. The van der Waals surface area contributed by atoms with Gasteiger partial charge in [0.15, 0.2) is 0 Å². The molecule has 0 unspecified atom stereocenters. The van der Waals surface area contributed by atoms with E-state index in [1.165, 1.54) is 11.1 Å². The van der Waals surface area contributed by atoms with E-state index in [9.17, 15) is 9.18 Å². The van der Waals surface area contributed by atoms with Gasteiger partial charge in [0, 0.05) is 35.7 Å². The van der Waals surface area contributed by atoms with Crippen LogP contribution in [0.2, 0.25) is 0 Å². The third-order valence-electron chi connectivity index (χ3n) is 4.62. The van der Waals surface area contributed by atoms with Crippen molar-refractivity contribution in [2.45, 2.75) is 45.8 Å². The Balaban J connectivity index is 1.71. The SMILES string of the molecule is Cc1cc(C)c2[nH]c(C)c(CC(=O)NC[C@@H]3C[C@H](F)CN3)c2c1. The molecule has 2 heterocycles. The molecule has 3 N–H and O–H groups in total. The molecule has 124 valence electrons. The molecule has 4 nitrogen and oxygen atoms in total. The number of hydrogen-bond donors (Lipinski definition) is 3. The van der Waals surface area contributed by atoms with Crippen LogP contribution in [-0.2, 0) is 11.2 Å². The van der Waals surface area contributed by atoms with Crippen molar-refractivity contribution in [2.24, 2.45) is 0 Å². The number of alkyl halides is 1. The zero-order valence-corrected chi connectivity index (χ0v) is 13.9. The molecule has 0 aliphatic carbocycles. The van der Waals surface area contributed by atoms with Gasteiger partial charge in [-0.3, -0.25) is 4.79 Å². The quantitative estimate of drug-likeness (QED) is 0.811. The highest BCUT2D eigenvalue weighted by Gasteiger charge is 2.23. The Morgan fingerprint density at radius 3 is 2.83 bits per heavy atom. The van der Waals surface area contributed by atoms with Crippen molar-refractivity contribution >= 4 is 16.8 Å². The van der Waals surface area contributed by atoms with Crippen LogP contribution >= 0.6 is 0 Å². The third-order valence-corrected chi connectivity index (χ3v) is 4.62. The number of carbonyl (C=O) groups is 1. The fourth-order valence-electron chi connectivity index (χ4n) is 3.45. The van der Waals surface area contributed by atoms with Crippen molar-refractivity contribution in [1.29, 1.82) is 0 Å². The van der Waals surface area contributed by atoms with Gasteiger partial charge in [-0.05, 0) is 44.4 Å². The molecule has 0 spiro atoms. The van der Waals surface area contributed by atoms with Gasteiger partial charge >= 0.3 is 0 Å². The van der Waals surface area contributed by atoms with Gasteiger partial charge in [-0.15, -0.1) is 0 Å². The van der Waals surface area contributed by atoms with Crippen molar-refractivity contribution in [3.63, 3.8) is 0 Å². The van der Waals surface area contributed by atoms with E-state index >= 15 is 0 Å². The van der Waals surface area contributed by atoms with Gasteiger partial charge in [-0.25, -0.2) is 4.39 Å². The highest BCUT2D eigenvalue weighted by atomic mass is 19.1. The summed E-state index contributed by atoms with van der Waals surface area (Å²) in [5, 5.41) is 7.13. The average molecular weight is 317 g/mol. The summed E-state index contributed by atoms with van der Waals surface area (Å²) in [7, 11) is 0. The van der Waals surface area contributed by atoms with Crippen LogP contribution < -0.4 is 10.6 Å².